The lowest BCUT2D eigenvalue weighted by Gasteiger charge is -2.23. The van der Waals surface area contributed by atoms with Gasteiger partial charge in [0, 0.05) is 11.2 Å². The molecule has 2 atom stereocenters. The Kier molecular flexibility index (Phi) is 6.50. The number of carbonyl (C=O) groups is 1. The Labute approximate surface area is 185 Å². The highest BCUT2D eigenvalue weighted by molar-refractivity contribution is 9.09. The Bertz CT molecular complexity index is 963. The van der Waals surface area contributed by atoms with Gasteiger partial charge in [-0.2, -0.15) is 0 Å². The highest BCUT2D eigenvalue weighted by Crippen LogP contribution is 2.44. The van der Waals surface area contributed by atoms with Crippen LogP contribution < -0.4 is 5.32 Å². The zero-order chi connectivity index (χ0) is 20.9. The van der Waals surface area contributed by atoms with E-state index in [1.165, 1.54) is 22.3 Å². The van der Waals surface area contributed by atoms with Crippen LogP contribution in [0.4, 0.5) is 4.79 Å². The third-order valence-corrected chi connectivity index (χ3v) is 6.23. The lowest BCUT2D eigenvalue weighted by molar-refractivity contribution is 0.114. The molecule has 0 aromatic heterocycles. The summed E-state index contributed by atoms with van der Waals surface area (Å²) in [5.74, 6) is 0.0109. The summed E-state index contributed by atoms with van der Waals surface area (Å²) in [5.41, 5.74) is 5.78. The number of amides is 1. The van der Waals surface area contributed by atoms with E-state index in [2.05, 4.69) is 45.5 Å². The van der Waals surface area contributed by atoms with Crippen molar-refractivity contribution in [2.24, 2.45) is 0 Å². The van der Waals surface area contributed by atoms with Crippen molar-refractivity contribution in [1.82, 2.24) is 5.32 Å². The number of aliphatic hydroxyl groups is 1. The molecule has 1 aliphatic rings. The number of nitrogens with one attached hydrogen (secondary N) is 1. The van der Waals surface area contributed by atoms with Gasteiger partial charge in [0.2, 0.25) is 0 Å². The second-order valence-corrected chi connectivity index (χ2v) is 8.14. The van der Waals surface area contributed by atoms with Gasteiger partial charge in [-0.25, -0.2) is 4.79 Å². The van der Waals surface area contributed by atoms with E-state index in [1.807, 2.05) is 54.6 Å². The van der Waals surface area contributed by atoms with Crippen LogP contribution in [0.25, 0.3) is 11.1 Å². The van der Waals surface area contributed by atoms with Crippen LogP contribution in [0.2, 0.25) is 0 Å². The topological polar surface area (TPSA) is 58.6 Å². The van der Waals surface area contributed by atoms with E-state index in [0.29, 0.717) is 11.8 Å². The summed E-state index contributed by atoms with van der Waals surface area (Å²) < 4.78 is 5.63. The van der Waals surface area contributed by atoms with Crippen LogP contribution in [0.3, 0.4) is 0 Å². The molecular formula is C25H24BrNO3. The molecule has 2 N–H and O–H groups in total. The molecule has 1 aliphatic carbocycles. The van der Waals surface area contributed by atoms with E-state index in [1.54, 1.807) is 0 Å². The smallest absolute Gasteiger partial charge is 0.407 e. The van der Waals surface area contributed by atoms with Crippen molar-refractivity contribution < 1.29 is 14.6 Å². The lowest BCUT2D eigenvalue weighted by Crippen LogP contribution is -2.46. The summed E-state index contributed by atoms with van der Waals surface area (Å²) in [5, 5.41) is 13.6. The Hall–Kier alpha value is -2.63. The third-order valence-electron chi connectivity index (χ3n) is 5.57. The largest absolute Gasteiger partial charge is 0.449 e. The summed E-state index contributed by atoms with van der Waals surface area (Å²) in [6.07, 6.45) is -0.707. The first-order chi connectivity index (χ1) is 14.7. The molecule has 5 heteroatoms. The van der Waals surface area contributed by atoms with Gasteiger partial charge in [-0.05, 0) is 34.2 Å². The number of ether oxygens (including phenoxy) is 1. The van der Waals surface area contributed by atoms with Gasteiger partial charge in [0.15, 0.2) is 0 Å². The normalized spacial score (nSPS) is 14.5. The van der Waals surface area contributed by atoms with Crippen LogP contribution in [0.5, 0.6) is 0 Å². The monoisotopic (exact) mass is 465 g/mol. The van der Waals surface area contributed by atoms with E-state index in [-0.39, 0.29) is 12.5 Å². The SMILES string of the molecule is O=C(N[C@@H](Cc1ccccc1)[C@H](O)CBr)OCC1c2ccccc2-c2ccccc21. The molecule has 0 radical (unpaired) electrons. The zero-order valence-electron chi connectivity index (χ0n) is 16.5. The number of hydrogen-bond donors (Lipinski definition) is 2. The number of benzene rings is 3. The lowest BCUT2D eigenvalue weighted by atomic mass is 9.98. The van der Waals surface area contributed by atoms with Crippen LogP contribution in [-0.2, 0) is 11.2 Å². The third kappa shape index (κ3) is 4.42. The van der Waals surface area contributed by atoms with Crippen LogP contribution in [0, 0.1) is 0 Å². The molecule has 4 nitrogen and oxygen atoms in total. The van der Waals surface area contributed by atoms with E-state index in [0.717, 1.165) is 5.56 Å². The van der Waals surface area contributed by atoms with Crippen molar-refractivity contribution in [3.8, 4) is 11.1 Å². The standard InChI is InChI=1S/C25H24BrNO3/c26-15-24(28)23(14-17-8-2-1-3-9-17)27-25(29)30-16-22-20-12-6-4-10-18(20)19-11-5-7-13-21(19)22/h1-13,22-24,28H,14-16H2,(H,27,29)/t23-,24+/m0/s1. The molecule has 0 saturated carbocycles. The van der Waals surface area contributed by atoms with Crippen molar-refractivity contribution in [3.05, 3.63) is 95.6 Å². The average molecular weight is 466 g/mol. The van der Waals surface area contributed by atoms with Gasteiger partial charge in [0.25, 0.3) is 0 Å². The van der Waals surface area contributed by atoms with Crippen LogP contribution >= 0.6 is 15.9 Å². The second-order valence-electron chi connectivity index (χ2n) is 7.49. The van der Waals surface area contributed by atoms with Gasteiger partial charge in [-0.3, -0.25) is 0 Å². The Morgan fingerprint density at radius 3 is 2.10 bits per heavy atom. The minimum atomic E-state index is -0.717. The molecule has 4 rings (SSSR count). The highest BCUT2D eigenvalue weighted by Gasteiger charge is 2.29. The second kappa shape index (κ2) is 9.45. The molecule has 3 aromatic carbocycles. The zero-order valence-corrected chi connectivity index (χ0v) is 18.1. The number of alkyl carbamates (subject to hydrolysis) is 1. The maximum Gasteiger partial charge on any atom is 0.407 e. The van der Waals surface area contributed by atoms with E-state index < -0.39 is 18.2 Å². The molecule has 1 amide bonds. The maximum absolute atomic E-state index is 12.6. The molecule has 0 heterocycles. The van der Waals surface area contributed by atoms with Crippen LogP contribution in [0.1, 0.15) is 22.6 Å². The van der Waals surface area contributed by atoms with Crippen LogP contribution in [-0.4, -0.2) is 35.3 Å². The first-order valence-electron chi connectivity index (χ1n) is 10.1. The van der Waals surface area contributed by atoms with Gasteiger partial charge >= 0.3 is 6.09 Å². The van der Waals surface area contributed by atoms with Crippen molar-refractivity contribution in [2.45, 2.75) is 24.5 Å². The number of carbonyl (C=O) groups excluding carboxylic acids is 1. The average Bonchev–Trinajstić information content (AvgIpc) is 3.11. The van der Waals surface area contributed by atoms with Crippen molar-refractivity contribution in [3.63, 3.8) is 0 Å². The fraction of sp³-hybridized carbons (Fsp3) is 0.240. The molecular weight excluding hydrogens is 442 g/mol. The molecule has 0 fully saturated rings. The summed E-state index contributed by atoms with van der Waals surface area (Å²) in [6, 6.07) is 25.8. The minimum absolute atomic E-state index is 0.0109. The molecule has 0 spiro atoms. The molecule has 0 aliphatic heterocycles. The molecule has 0 bridgehead atoms. The summed E-state index contributed by atoms with van der Waals surface area (Å²) in [6.45, 7) is 0.252. The number of hydrogen-bond acceptors (Lipinski definition) is 3. The predicted octanol–water partition coefficient (Wildman–Crippen LogP) is 4.89. The fourth-order valence-corrected chi connectivity index (χ4v) is 4.50. The van der Waals surface area contributed by atoms with E-state index in [9.17, 15) is 9.90 Å². The Morgan fingerprint density at radius 2 is 1.50 bits per heavy atom. The van der Waals surface area contributed by atoms with Crippen molar-refractivity contribution >= 4 is 22.0 Å². The first kappa shape index (κ1) is 20.6. The number of alkyl halides is 1. The number of halogens is 1. The highest BCUT2D eigenvalue weighted by atomic mass is 79.9. The van der Waals surface area contributed by atoms with Gasteiger partial charge in [0.05, 0.1) is 12.1 Å². The summed E-state index contributed by atoms with van der Waals surface area (Å²) in [7, 11) is 0. The molecule has 30 heavy (non-hydrogen) atoms. The van der Waals surface area contributed by atoms with E-state index >= 15 is 0 Å². The van der Waals surface area contributed by atoms with Gasteiger partial charge in [0.1, 0.15) is 6.61 Å². The van der Waals surface area contributed by atoms with Crippen molar-refractivity contribution in [2.75, 3.05) is 11.9 Å². The quantitative estimate of drug-likeness (QED) is 0.488. The predicted molar refractivity (Wildman–Crippen MR) is 122 cm³/mol. The minimum Gasteiger partial charge on any atom is -0.449 e. The van der Waals surface area contributed by atoms with Crippen LogP contribution in [0.15, 0.2) is 78.9 Å². The summed E-state index contributed by atoms with van der Waals surface area (Å²) >= 11 is 3.31. The number of aliphatic hydroxyl groups excluding tert-OH is 1. The Balaban J connectivity index is 1.44. The molecule has 3 aromatic rings. The fourth-order valence-electron chi connectivity index (χ4n) is 4.05. The van der Waals surface area contributed by atoms with E-state index in [4.69, 9.17) is 4.74 Å². The Morgan fingerprint density at radius 1 is 0.933 bits per heavy atom. The maximum atomic E-state index is 12.6. The molecule has 0 unspecified atom stereocenters. The van der Waals surface area contributed by atoms with Gasteiger partial charge < -0.3 is 15.2 Å². The first-order valence-corrected chi connectivity index (χ1v) is 11.2. The van der Waals surface area contributed by atoms with Gasteiger partial charge in [-0.1, -0.05) is 94.8 Å². The summed E-state index contributed by atoms with van der Waals surface area (Å²) in [4.78, 5) is 12.6. The van der Waals surface area contributed by atoms with Crippen molar-refractivity contribution in [1.29, 1.82) is 0 Å². The number of fused-ring (bicyclic) bond motifs is 3. The molecule has 0 saturated heterocycles. The van der Waals surface area contributed by atoms with Gasteiger partial charge in [-0.15, -0.1) is 0 Å². The molecule has 154 valence electrons. The number of rotatable bonds is 7.